The number of hydrogen-bond acceptors (Lipinski definition) is 2. The fourth-order valence-electron chi connectivity index (χ4n) is 3.31. The molecule has 2 amide bonds. The summed E-state index contributed by atoms with van der Waals surface area (Å²) in [7, 11) is 0. The van der Waals surface area contributed by atoms with Crippen LogP contribution in [0.5, 0.6) is 0 Å². The predicted octanol–water partition coefficient (Wildman–Crippen LogP) is 2.32. The van der Waals surface area contributed by atoms with Crippen LogP contribution in [0.4, 0.5) is 4.79 Å². The number of carboxylic acid groups (broad SMARTS) is 1. The summed E-state index contributed by atoms with van der Waals surface area (Å²) in [6.45, 7) is 4.62. The van der Waals surface area contributed by atoms with Gasteiger partial charge in [0.25, 0.3) is 0 Å². The maximum atomic E-state index is 12.0. The Morgan fingerprint density at radius 1 is 1.15 bits per heavy atom. The molecule has 5 nitrogen and oxygen atoms in total. The minimum absolute atomic E-state index is 0.0568. The lowest BCUT2D eigenvalue weighted by atomic mass is 9.82. The number of nitrogens with zero attached hydrogens (tertiary/aromatic N) is 1. The lowest BCUT2D eigenvalue weighted by Gasteiger charge is -2.27. The molecule has 1 aliphatic carbocycles. The smallest absolute Gasteiger partial charge is 0.317 e. The molecule has 114 valence electrons. The van der Waals surface area contributed by atoms with Gasteiger partial charge in [-0.3, -0.25) is 4.79 Å². The first-order chi connectivity index (χ1) is 9.60. The fraction of sp³-hybridized carbons (Fsp3) is 0.867. The van der Waals surface area contributed by atoms with Crippen LogP contribution in [-0.4, -0.2) is 41.6 Å². The zero-order valence-electron chi connectivity index (χ0n) is 12.3. The number of hydrogen-bond donors (Lipinski definition) is 2. The Labute approximate surface area is 120 Å². The molecule has 1 saturated carbocycles. The second kappa shape index (κ2) is 6.95. The molecule has 5 heteroatoms. The number of carboxylic acids is 1. The summed E-state index contributed by atoms with van der Waals surface area (Å²) in [4.78, 5) is 24.8. The standard InChI is InChI=1S/C15H26N2O3/c1-2-11-7-8-17(10-11)15(20)16-9-12-3-5-13(6-4-12)14(18)19/h11-13H,2-10H2,1H3,(H,16,20)(H,18,19). The molecule has 20 heavy (non-hydrogen) atoms. The van der Waals surface area contributed by atoms with Crippen molar-refractivity contribution in [3.05, 3.63) is 0 Å². The Morgan fingerprint density at radius 2 is 1.85 bits per heavy atom. The van der Waals surface area contributed by atoms with Crippen LogP contribution in [0.1, 0.15) is 45.4 Å². The van der Waals surface area contributed by atoms with Crippen LogP contribution in [0.2, 0.25) is 0 Å². The van der Waals surface area contributed by atoms with Crippen molar-refractivity contribution in [1.82, 2.24) is 10.2 Å². The second-order valence-corrected chi connectivity index (χ2v) is 6.25. The van der Waals surface area contributed by atoms with E-state index in [2.05, 4.69) is 12.2 Å². The number of aliphatic carboxylic acids is 1. The molecule has 1 unspecified atom stereocenters. The van der Waals surface area contributed by atoms with E-state index in [0.29, 0.717) is 18.4 Å². The third-order valence-electron chi connectivity index (χ3n) is 4.89. The van der Waals surface area contributed by atoms with Gasteiger partial charge < -0.3 is 15.3 Å². The van der Waals surface area contributed by atoms with Crippen molar-refractivity contribution in [1.29, 1.82) is 0 Å². The normalized spacial score (nSPS) is 30.2. The minimum Gasteiger partial charge on any atom is -0.481 e. The van der Waals surface area contributed by atoms with Crippen LogP contribution in [0.15, 0.2) is 0 Å². The van der Waals surface area contributed by atoms with E-state index in [9.17, 15) is 9.59 Å². The van der Waals surface area contributed by atoms with Crippen molar-refractivity contribution >= 4 is 12.0 Å². The van der Waals surface area contributed by atoms with E-state index in [4.69, 9.17) is 5.11 Å². The van der Waals surface area contributed by atoms with E-state index in [-0.39, 0.29) is 11.9 Å². The van der Waals surface area contributed by atoms with Gasteiger partial charge in [0.2, 0.25) is 0 Å². The van der Waals surface area contributed by atoms with Gasteiger partial charge in [0.1, 0.15) is 0 Å². The molecule has 1 saturated heterocycles. The third kappa shape index (κ3) is 3.87. The second-order valence-electron chi connectivity index (χ2n) is 6.25. The highest BCUT2D eigenvalue weighted by Crippen LogP contribution is 2.28. The molecular weight excluding hydrogens is 256 g/mol. The number of carbonyl (C=O) groups is 2. The summed E-state index contributed by atoms with van der Waals surface area (Å²) >= 11 is 0. The Hall–Kier alpha value is -1.26. The van der Waals surface area contributed by atoms with Crippen molar-refractivity contribution in [3.63, 3.8) is 0 Å². The van der Waals surface area contributed by atoms with Gasteiger partial charge in [-0.1, -0.05) is 13.3 Å². The first-order valence-corrected chi connectivity index (χ1v) is 7.85. The summed E-state index contributed by atoms with van der Waals surface area (Å²) in [5, 5.41) is 12.0. The van der Waals surface area contributed by atoms with E-state index < -0.39 is 5.97 Å². The van der Waals surface area contributed by atoms with E-state index in [1.165, 1.54) is 0 Å². The van der Waals surface area contributed by atoms with Gasteiger partial charge in [-0.15, -0.1) is 0 Å². The van der Waals surface area contributed by atoms with Crippen LogP contribution in [-0.2, 0) is 4.79 Å². The Morgan fingerprint density at radius 3 is 2.40 bits per heavy atom. The summed E-state index contributed by atoms with van der Waals surface area (Å²) in [6, 6.07) is 0.0568. The molecule has 2 N–H and O–H groups in total. The Balaban J connectivity index is 1.66. The van der Waals surface area contributed by atoms with Gasteiger partial charge >= 0.3 is 12.0 Å². The molecule has 2 fully saturated rings. The van der Waals surface area contributed by atoms with E-state index in [1.54, 1.807) is 0 Å². The van der Waals surface area contributed by atoms with Crippen LogP contribution in [0, 0.1) is 17.8 Å². The highest BCUT2D eigenvalue weighted by atomic mass is 16.4. The lowest BCUT2D eigenvalue weighted by molar-refractivity contribution is -0.143. The van der Waals surface area contributed by atoms with E-state index >= 15 is 0 Å². The highest BCUT2D eigenvalue weighted by molar-refractivity contribution is 5.74. The highest BCUT2D eigenvalue weighted by Gasteiger charge is 2.28. The third-order valence-corrected chi connectivity index (χ3v) is 4.89. The quantitative estimate of drug-likeness (QED) is 0.831. The zero-order valence-corrected chi connectivity index (χ0v) is 12.3. The zero-order chi connectivity index (χ0) is 14.5. The Kier molecular flexibility index (Phi) is 5.26. The largest absolute Gasteiger partial charge is 0.481 e. The van der Waals surface area contributed by atoms with Crippen LogP contribution >= 0.6 is 0 Å². The number of amides is 2. The molecule has 0 spiro atoms. The van der Waals surface area contributed by atoms with Gasteiger partial charge in [0, 0.05) is 19.6 Å². The predicted molar refractivity (Wildman–Crippen MR) is 76.5 cm³/mol. The van der Waals surface area contributed by atoms with Gasteiger partial charge in [0.05, 0.1) is 5.92 Å². The minimum atomic E-state index is -0.671. The van der Waals surface area contributed by atoms with E-state index in [1.807, 2.05) is 4.90 Å². The average molecular weight is 282 g/mol. The molecule has 1 heterocycles. The molecule has 0 radical (unpaired) electrons. The number of likely N-dealkylation sites (tertiary alicyclic amines) is 1. The Bertz CT molecular complexity index is 351. The first-order valence-electron chi connectivity index (χ1n) is 7.85. The molecule has 0 aromatic rings. The molecule has 1 atom stereocenters. The maximum Gasteiger partial charge on any atom is 0.317 e. The number of rotatable bonds is 4. The van der Waals surface area contributed by atoms with Crippen molar-refractivity contribution in [2.24, 2.45) is 17.8 Å². The van der Waals surface area contributed by atoms with Gasteiger partial charge in [-0.25, -0.2) is 4.79 Å². The molecule has 0 aromatic carbocycles. The number of carbonyl (C=O) groups excluding carboxylic acids is 1. The molecule has 2 aliphatic rings. The van der Waals surface area contributed by atoms with E-state index in [0.717, 1.165) is 51.6 Å². The van der Waals surface area contributed by atoms with Crippen molar-refractivity contribution in [2.45, 2.75) is 45.4 Å². The summed E-state index contributed by atoms with van der Waals surface area (Å²) in [5.41, 5.74) is 0. The summed E-state index contributed by atoms with van der Waals surface area (Å²) in [6.07, 6.45) is 5.58. The summed E-state index contributed by atoms with van der Waals surface area (Å²) < 4.78 is 0. The lowest BCUT2D eigenvalue weighted by Crippen LogP contribution is -2.41. The summed E-state index contributed by atoms with van der Waals surface area (Å²) in [5.74, 6) is 0.256. The fourth-order valence-corrected chi connectivity index (χ4v) is 3.31. The monoisotopic (exact) mass is 282 g/mol. The van der Waals surface area contributed by atoms with Crippen molar-refractivity contribution in [3.8, 4) is 0 Å². The molecular formula is C15H26N2O3. The molecule has 1 aliphatic heterocycles. The van der Waals surface area contributed by atoms with Crippen molar-refractivity contribution in [2.75, 3.05) is 19.6 Å². The molecule has 0 aromatic heterocycles. The first kappa shape index (κ1) is 15.1. The van der Waals surface area contributed by atoms with Gasteiger partial charge in [0.15, 0.2) is 0 Å². The van der Waals surface area contributed by atoms with Crippen LogP contribution in [0.25, 0.3) is 0 Å². The number of urea groups is 1. The maximum absolute atomic E-state index is 12.0. The molecule has 0 bridgehead atoms. The average Bonchev–Trinajstić information content (AvgIpc) is 2.94. The van der Waals surface area contributed by atoms with Gasteiger partial charge in [-0.2, -0.15) is 0 Å². The molecule has 2 rings (SSSR count). The number of nitrogens with one attached hydrogen (secondary N) is 1. The van der Waals surface area contributed by atoms with Crippen LogP contribution < -0.4 is 5.32 Å². The topological polar surface area (TPSA) is 69.6 Å². The van der Waals surface area contributed by atoms with Crippen LogP contribution in [0.3, 0.4) is 0 Å². The van der Waals surface area contributed by atoms with Crippen molar-refractivity contribution < 1.29 is 14.7 Å². The SMILES string of the molecule is CCC1CCN(C(=O)NCC2CCC(C(=O)O)CC2)C1. The van der Waals surface area contributed by atoms with Gasteiger partial charge in [-0.05, 0) is 43.9 Å².